The molecule has 0 bridgehead atoms. The van der Waals surface area contributed by atoms with Crippen molar-refractivity contribution in [3.05, 3.63) is 320 Å². The number of allylic oxidation sites excluding steroid dienone is 3. The van der Waals surface area contributed by atoms with Gasteiger partial charge in [0.15, 0.2) is 11.3 Å². The Labute approximate surface area is 812 Å². The number of benzene rings is 5. The van der Waals surface area contributed by atoms with E-state index in [4.69, 9.17) is 17.3 Å². The van der Waals surface area contributed by atoms with Gasteiger partial charge in [-0.25, -0.2) is 64.7 Å². The minimum Gasteiger partial charge on any atom is -0.399 e. The van der Waals surface area contributed by atoms with Crippen molar-refractivity contribution in [2.24, 2.45) is 17.8 Å². The number of hydrogen-bond donors (Lipinski definition) is 3. The van der Waals surface area contributed by atoms with E-state index in [9.17, 15) is 45.6 Å². The molecule has 0 spiro atoms. The number of aromatic nitrogens is 11. The fourth-order valence-corrected chi connectivity index (χ4v) is 19.2. The van der Waals surface area contributed by atoms with E-state index in [0.29, 0.717) is 124 Å². The van der Waals surface area contributed by atoms with Crippen LogP contribution in [0.2, 0.25) is 0 Å². The van der Waals surface area contributed by atoms with E-state index in [1.807, 2.05) is 95.3 Å². The highest BCUT2D eigenvalue weighted by Gasteiger charge is 2.31. The molecule has 11 heterocycles. The van der Waals surface area contributed by atoms with Crippen LogP contribution in [0.25, 0.3) is 61.9 Å². The molecule has 4 aliphatic rings. The first kappa shape index (κ1) is 101. The number of anilines is 3. The zero-order valence-corrected chi connectivity index (χ0v) is 81.3. The van der Waals surface area contributed by atoms with Crippen LogP contribution >= 0.6 is 27.5 Å². The molecular weight excluding hydrogens is 1850 g/mol. The number of likely N-dealkylation sites (N-methyl/N-ethyl adjacent to an activating group) is 2. The first-order chi connectivity index (χ1) is 66.2. The lowest BCUT2D eigenvalue weighted by molar-refractivity contribution is -0.112. The third kappa shape index (κ3) is 28.0. The number of nitrogen functional groups attached to an aromatic ring is 1. The number of piperidine rings is 3. The number of hydrogen-bond acceptors (Lipinski definition) is 22. The second kappa shape index (κ2) is 48.6. The first-order valence-corrected chi connectivity index (χ1v) is 49.8. The van der Waals surface area contributed by atoms with Gasteiger partial charge in [-0.05, 0) is 273 Å². The topological polar surface area (TPSA) is 363 Å². The van der Waals surface area contributed by atoms with E-state index >= 15 is 0 Å². The summed E-state index contributed by atoms with van der Waals surface area (Å²) < 4.78 is 55.1. The molecule has 5 aromatic carbocycles. The minimum atomic E-state index is -3.78. The molecule has 29 nitrogen and oxygen atoms in total. The van der Waals surface area contributed by atoms with Gasteiger partial charge in [0.05, 0.1) is 32.6 Å². The van der Waals surface area contributed by atoms with Crippen LogP contribution in [-0.2, 0) is 60.1 Å². The second-order valence-corrected chi connectivity index (χ2v) is 38.9. The number of amides is 5. The summed E-state index contributed by atoms with van der Waals surface area (Å²) in [4.78, 5) is 124. The predicted molar refractivity (Wildman–Crippen MR) is 541 cm³/mol. The number of carbonyl (C=O) groups is 6. The molecule has 3 aliphatic heterocycles. The third-order valence-corrected chi connectivity index (χ3v) is 26.8. The zero-order chi connectivity index (χ0) is 97.0. The molecule has 33 heteroatoms. The van der Waals surface area contributed by atoms with Crippen molar-refractivity contribution in [2.75, 3.05) is 102 Å². The van der Waals surface area contributed by atoms with Crippen molar-refractivity contribution in [2.45, 2.75) is 94.3 Å². The van der Waals surface area contributed by atoms with E-state index in [1.165, 1.54) is 51.3 Å². The fraction of sp³-hybridized carbons (Fsp3) is 0.279. The monoisotopic (exact) mass is 1960 g/mol. The third-order valence-electron chi connectivity index (χ3n) is 22.9. The zero-order valence-electron chi connectivity index (χ0n) is 77.3. The highest BCUT2D eigenvalue weighted by Crippen LogP contribution is 2.33. The van der Waals surface area contributed by atoms with Gasteiger partial charge in [0.1, 0.15) is 19.0 Å². The van der Waals surface area contributed by atoms with Gasteiger partial charge in [-0.15, -0.1) is 0 Å². The number of likely N-dealkylation sites (tertiary alicyclic amines) is 3. The standard InChI is InChI=1S/C36H37N7O4S.C31H34N6O2.C30H28N6O3S.C4H4BrClO.C3H8/c1-41(2)17-7-11-34(44)40-30-14-12-27(13-15-30)36(45)42-18-6-8-26(24-42)20-31-22-33(39-25-38-31)29-21-28-16-19-43(35(28)37-23-29)48(46,47)32-9-4-3-5-10-32;1-36(2)14-5-9-30(38)35-26-12-10-23(11-13-26)31(39)37-15-4-6-22(20-37)16-27-18-29(34-21-33-27)25-17-24-7-3-8-28(24)32-19-25;31-25-10-8-22(9-11-25)30(37)35-13-4-5-21(19-35)15-26-17-28(34-20-33-26)24-16-23-12-14-36(29(23)32-18-24)40(38,39)27-6-2-1-3-7-27;5-3-1-2-4(6)7;1-3-2/h3-5,7,9-16,19,21-23,25-26H,6,8,17-18,20,24H2,1-2H3,(H,40,44);3,5,7,9-13,17-19,21-22H,4,6,8,14-16,20H2,1-2H3,(H,35,38);1-3,6-12,14,16-18,20-21H,4-5,13,15,19,31H2;1-2H,3H2;3H2,1-2H3/b11-7+;9-5+;;2-1+;. The summed E-state index contributed by atoms with van der Waals surface area (Å²) in [5, 5.41) is 7.28. The number of halogens is 2. The molecule has 13 aromatic rings. The van der Waals surface area contributed by atoms with E-state index in [0.717, 1.165) is 122 Å². The SMILES string of the molecule is CCC.CN(C)C/C=C/C(=O)Nc1ccc(C(=O)N2CCCC(Cc3cc(-c4cnc5c(c4)C=CC5)ncn3)C2)cc1.CN(C)C/C=C/C(=O)Nc1ccc(C(=O)N2CCCC(Cc3cc(-c4cnc5c(ccn5S(=O)(=O)c5ccccc5)c4)ncn3)C2)cc1.Nc1ccc(C(=O)N2CCCC(Cc3cc(-c4cnc5c(ccn5S(=O)(=O)c5ccccc5)c4)ncn3)C2)cc1.O=C(Cl)/C=C/CBr. The van der Waals surface area contributed by atoms with Crippen molar-refractivity contribution in [3.63, 3.8) is 0 Å². The Kier molecular flexibility index (Phi) is 35.7. The summed E-state index contributed by atoms with van der Waals surface area (Å²) in [5.41, 5.74) is 20.0. The van der Waals surface area contributed by atoms with E-state index < -0.39 is 25.3 Å². The Balaban J connectivity index is 0.000000166. The molecule has 708 valence electrons. The molecule has 3 unspecified atom stereocenters. The summed E-state index contributed by atoms with van der Waals surface area (Å²) in [6, 6.07) is 53.0. The van der Waals surface area contributed by atoms with Crippen molar-refractivity contribution in [1.82, 2.24) is 77.3 Å². The van der Waals surface area contributed by atoms with Gasteiger partial charge < -0.3 is 40.9 Å². The van der Waals surface area contributed by atoms with E-state index in [2.05, 4.69) is 103 Å². The molecule has 137 heavy (non-hydrogen) atoms. The number of fused-ring (bicyclic) bond motifs is 3. The van der Waals surface area contributed by atoms with E-state index in [1.54, 1.807) is 183 Å². The Bertz CT molecular complexity index is 6750. The van der Waals surface area contributed by atoms with Gasteiger partial charge in [-0.3, -0.25) is 33.8 Å². The molecule has 3 saturated heterocycles. The van der Waals surface area contributed by atoms with Crippen LogP contribution in [0.15, 0.2) is 284 Å². The largest absolute Gasteiger partial charge is 0.399 e. The van der Waals surface area contributed by atoms with Gasteiger partial charge >= 0.3 is 0 Å². The molecule has 1 aliphatic carbocycles. The Hall–Kier alpha value is -13.8. The summed E-state index contributed by atoms with van der Waals surface area (Å²) in [7, 11) is 0.213. The van der Waals surface area contributed by atoms with Crippen molar-refractivity contribution in [1.29, 1.82) is 0 Å². The summed E-state index contributed by atoms with van der Waals surface area (Å²) in [6.45, 7) is 9.76. The summed E-state index contributed by atoms with van der Waals surface area (Å²) >= 11 is 7.99. The average Bonchev–Trinajstić information content (AvgIpc) is 1.64. The predicted octanol–water partition coefficient (Wildman–Crippen LogP) is 16.7. The lowest BCUT2D eigenvalue weighted by atomic mass is 9.92. The van der Waals surface area contributed by atoms with Crippen LogP contribution in [0.3, 0.4) is 0 Å². The summed E-state index contributed by atoms with van der Waals surface area (Å²) in [6.07, 6.45) is 36.9. The lowest BCUT2D eigenvalue weighted by Gasteiger charge is -2.33. The number of nitrogens with one attached hydrogen (secondary N) is 2. The van der Waals surface area contributed by atoms with Crippen LogP contribution in [0, 0.1) is 17.8 Å². The van der Waals surface area contributed by atoms with Gasteiger partial charge in [-0.1, -0.05) is 103 Å². The maximum absolute atomic E-state index is 13.4. The number of rotatable bonds is 26. The molecule has 17 rings (SSSR count). The number of alkyl halides is 1. The number of pyridine rings is 3. The molecule has 3 atom stereocenters. The maximum atomic E-state index is 13.4. The highest BCUT2D eigenvalue weighted by atomic mass is 79.9. The molecule has 3 fully saturated rings. The number of nitrogens with zero attached hydrogens (tertiary/aromatic N) is 16. The fourth-order valence-electron chi connectivity index (χ4n) is 16.3. The number of nitrogens with two attached hydrogens (primary N) is 1. The second-order valence-electron chi connectivity index (χ2n) is 34.2. The normalized spacial score (nSPS) is 15.3. The smallest absolute Gasteiger partial charge is 0.269 e. The maximum Gasteiger partial charge on any atom is 0.269 e. The Morgan fingerprint density at radius 1 is 0.467 bits per heavy atom. The Morgan fingerprint density at radius 2 is 0.839 bits per heavy atom. The van der Waals surface area contributed by atoms with Crippen LogP contribution in [0.5, 0.6) is 0 Å². The van der Waals surface area contributed by atoms with Crippen LogP contribution in [-0.4, -0.2) is 215 Å². The van der Waals surface area contributed by atoms with Crippen LogP contribution in [0.4, 0.5) is 17.1 Å². The van der Waals surface area contributed by atoms with Crippen molar-refractivity contribution >= 4 is 128 Å². The quantitative estimate of drug-likeness (QED) is 0.0196. The van der Waals surface area contributed by atoms with E-state index in [-0.39, 0.29) is 51.2 Å². The van der Waals surface area contributed by atoms with Gasteiger partial charge in [0, 0.05) is 186 Å². The minimum absolute atomic E-state index is 0.0177. The Morgan fingerprint density at radius 3 is 1.20 bits per heavy atom. The summed E-state index contributed by atoms with van der Waals surface area (Å²) in [5.74, 6) is 0.451. The van der Waals surface area contributed by atoms with Gasteiger partial charge in [0.2, 0.25) is 17.1 Å². The molecule has 0 radical (unpaired) electrons. The van der Waals surface area contributed by atoms with Gasteiger partial charge in [-0.2, -0.15) is 0 Å². The van der Waals surface area contributed by atoms with Crippen molar-refractivity contribution in [3.8, 4) is 33.8 Å². The molecule has 0 saturated carbocycles. The average molecular weight is 1970 g/mol. The molecular formula is C104H111BrClN19O10S2. The number of carbonyl (C=O) groups excluding carboxylic acids is 6. The van der Waals surface area contributed by atoms with Crippen LogP contribution in [0.1, 0.15) is 118 Å². The molecule has 4 N–H and O–H groups in total. The highest BCUT2D eigenvalue weighted by molar-refractivity contribution is 9.09. The molecule has 5 amide bonds. The molecule has 8 aromatic heterocycles. The van der Waals surface area contributed by atoms with Crippen molar-refractivity contribution < 1.29 is 45.6 Å². The van der Waals surface area contributed by atoms with Gasteiger partial charge in [0.25, 0.3) is 37.8 Å². The lowest BCUT2D eigenvalue weighted by Crippen LogP contribution is -2.40. The van der Waals surface area contributed by atoms with Crippen LogP contribution < -0.4 is 16.4 Å². The first-order valence-electron chi connectivity index (χ1n) is 45.4.